The third-order valence-electron chi connectivity index (χ3n) is 6.53. The van der Waals surface area contributed by atoms with Gasteiger partial charge in [0.2, 0.25) is 0 Å². The number of hydrogen-bond acceptors (Lipinski definition) is 4. The van der Waals surface area contributed by atoms with Gasteiger partial charge in [-0.1, -0.05) is 24.3 Å². The van der Waals surface area contributed by atoms with Crippen LogP contribution >= 0.6 is 0 Å². The lowest BCUT2D eigenvalue weighted by Crippen LogP contribution is -2.31. The number of aromatic carboxylic acids is 1. The molecule has 2 heterocycles. The van der Waals surface area contributed by atoms with E-state index < -0.39 is 46.2 Å². The monoisotopic (exact) mass is 511 g/mol. The Morgan fingerprint density at radius 3 is 2.24 bits per heavy atom. The normalized spacial score (nSPS) is 15.4. The average molecular weight is 511 g/mol. The number of aromatic nitrogens is 2. The number of imidazole rings is 1. The first kappa shape index (κ1) is 24.6. The van der Waals surface area contributed by atoms with Crippen molar-refractivity contribution in [2.75, 3.05) is 6.54 Å². The number of carbonyl (C=O) groups is 2. The van der Waals surface area contributed by atoms with Crippen LogP contribution in [0, 0.1) is 30.2 Å². The Morgan fingerprint density at radius 1 is 1.00 bits per heavy atom. The third kappa shape index (κ3) is 4.37. The van der Waals surface area contributed by atoms with E-state index in [1.54, 1.807) is 6.92 Å². The molecule has 10 heteroatoms. The standard InChI is InChI=1S/C27H21F4N3O3/c1-12-9-15(27(36)37)25-17(10-12)33-26(34-25)20-23(30)21(28)19(22(29)24(20)31)14-6-4-13(5-7-14)11-18(35)16-3-2-8-32-16/h4-7,9-10,16,32H,2-3,8,11H2,1H3,(H,33,34)(H,36,37). The van der Waals surface area contributed by atoms with E-state index in [2.05, 4.69) is 15.3 Å². The Morgan fingerprint density at radius 2 is 1.65 bits per heavy atom. The lowest BCUT2D eigenvalue weighted by Gasteiger charge is -2.12. The van der Waals surface area contributed by atoms with Gasteiger partial charge in [-0.25, -0.2) is 27.3 Å². The highest BCUT2D eigenvalue weighted by Gasteiger charge is 2.29. The zero-order valence-electron chi connectivity index (χ0n) is 19.6. The molecule has 1 aliphatic rings. The summed E-state index contributed by atoms with van der Waals surface area (Å²) < 4.78 is 60.6. The Kier molecular flexibility index (Phi) is 6.28. The highest BCUT2D eigenvalue weighted by atomic mass is 19.2. The number of rotatable bonds is 6. The van der Waals surface area contributed by atoms with Gasteiger partial charge in [-0.3, -0.25) is 4.79 Å². The molecule has 1 fully saturated rings. The maximum absolute atomic E-state index is 15.2. The molecule has 4 aromatic rings. The molecule has 1 saturated heterocycles. The number of aromatic amines is 1. The van der Waals surface area contributed by atoms with Crippen LogP contribution in [0.5, 0.6) is 0 Å². The molecule has 1 aromatic heterocycles. The van der Waals surface area contributed by atoms with Crippen LogP contribution in [0.25, 0.3) is 33.5 Å². The van der Waals surface area contributed by atoms with Crippen LogP contribution in [0.2, 0.25) is 0 Å². The van der Waals surface area contributed by atoms with E-state index in [9.17, 15) is 14.7 Å². The number of carboxylic acids is 1. The van der Waals surface area contributed by atoms with E-state index in [0.29, 0.717) is 11.1 Å². The number of nitrogens with one attached hydrogen (secondary N) is 2. The van der Waals surface area contributed by atoms with Crippen molar-refractivity contribution < 1.29 is 32.3 Å². The number of H-pyrrole nitrogens is 1. The van der Waals surface area contributed by atoms with Gasteiger partial charge in [-0.15, -0.1) is 0 Å². The third-order valence-corrected chi connectivity index (χ3v) is 6.53. The van der Waals surface area contributed by atoms with Gasteiger partial charge >= 0.3 is 5.97 Å². The number of nitrogens with zero attached hydrogens (tertiary/aromatic N) is 1. The number of hydrogen-bond donors (Lipinski definition) is 3. The van der Waals surface area contributed by atoms with Crippen LogP contribution in [-0.4, -0.2) is 39.4 Å². The van der Waals surface area contributed by atoms with Gasteiger partial charge in [-0.2, -0.15) is 0 Å². The summed E-state index contributed by atoms with van der Waals surface area (Å²) in [5.41, 5.74) is -1.11. The summed E-state index contributed by atoms with van der Waals surface area (Å²) >= 11 is 0. The topological polar surface area (TPSA) is 95.1 Å². The van der Waals surface area contributed by atoms with E-state index in [1.807, 2.05) is 0 Å². The smallest absolute Gasteiger partial charge is 0.337 e. The lowest BCUT2D eigenvalue weighted by atomic mass is 9.97. The minimum atomic E-state index is -1.67. The molecular formula is C27H21F4N3O3. The number of carbonyl (C=O) groups excluding carboxylic acids is 1. The highest BCUT2D eigenvalue weighted by Crippen LogP contribution is 2.37. The maximum Gasteiger partial charge on any atom is 0.337 e. The van der Waals surface area contributed by atoms with Gasteiger partial charge in [0, 0.05) is 6.42 Å². The van der Waals surface area contributed by atoms with Crippen LogP contribution in [0.1, 0.15) is 34.3 Å². The van der Waals surface area contributed by atoms with Crippen LogP contribution in [-0.2, 0) is 11.2 Å². The molecule has 0 bridgehead atoms. The molecule has 5 rings (SSSR count). The molecular weight excluding hydrogens is 490 g/mol. The van der Waals surface area contributed by atoms with Crippen LogP contribution in [0.3, 0.4) is 0 Å². The second-order valence-corrected chi connectivity index (χ2v) is 9.09. The number of benzene rings is 3. The zero-order chi connectivity index (χ0) is 26.4. The molecule has 0 amide bonds. The predicted molar refractivity (Wildman–Crippen MR) is 128 cm³/mol. The fraction of sp³-hybridized carbons (Fsp3) is 0.222. The average Bonchev–Trinajstić information content (AvgIpc) is 3.54. The SMILES string of the molecule is Cc1cc(C(=O)O)c2nc(-c3c(F)c(F)c(-c4ccc(CC(=O)C5CCCN5)cc4)c(F)c3F)[nH]c2c1. The minimum absolute atomic E-state index is 0.00358. The van der Waals surface area contributed by atoms with Gasteiger partial charge in [0.1, 0.15) is 11.3 Å². The Bertz CT molecular complexity index is 1530. The van der Waals surface area contributed by atoms with E-state index in [1.165, 1.54) is 36.4 Å². The Balaban J connectivity index is 1.53. The van der Waals surface area contributed by atoms with Crippen LogP contribution < -0.4 is 5.32 Å². The second kappa shape index (κ2) is 9.44. The van der Waals surface area contributed by atoms with Gasteiger partial charge in [-0.05, 0) is 55.1 Å². The van der Waals surface area contributed by atoms with E-state index in [4.69, 9.17) is 0 Å². The van der Waals surface area contributed by atoms with Crippen LogP contribution in [0.15, 0.2) is 36.4 Å². The molecule has 0 saturated carbocycles. The summed E-state index contributed by atoms with van der Waals surface area (Å²) in [5.74, 6) is -8.45. The fourth-order valence-electron chi connectivity index (χ4n) is 4.71. The van der Waals surface area contributed by atoms with Gasteiger partial charge in [0.25, 0.3) is 0 Å². The molecule has 37 heavy (non-hydrogen) atoms. The molecule has 0 radical (unpaired) electrons. The summed E-state index contributed by atoms with van der Waals surface area (Å²) in [5, 5.41) is 12.5. The predicted octanol–water partition coefficient (Wildman–Crippen LogP) is 5.32. The highest BCUT2D eigenvalue weighted by molar-refractivity contribution is 6.02. The molecule has 190 valence electrons. The summed E-state index contributed by atoms with van der Waals surface area (Å²) in [6.07, 6.45) is 1.78. The van der Waals surface area contributed by atoms with Crippen molar-refractivity contribution in [3.8, 4) is 22.5 Å². The van der Waals surface area contributed by atoms with Crippen molar-refractivity contribution in [3.05, 3.63) is 76.4 Å². The first-order chi connectivity index (χ1) is 17.7. The summed E-state index contributed by atoms with van der Waals surface area (Å²) in [6, 6.07) is 8.18. The quantitative estimate of drug-likeness (QED) is 0.241. The maximum atomic E-state index is 15.2. The molecule has 6 nitrogen and oxygen atoms in total. The second-order valence-electron chi connectivity index (χ2n) is 9.09. The summed E-state index contributed by atoms with van der Waals surface area (Å²) in [6.45, 7) is 2.39. The van der Waals surface area contributed by atoms with Crippen molar-refractivity contribution >= 4 is 22.8 Å². The number of halogens is 4. The first-order valence-corrected chi connectivity index (χ1v) is 11.6. The van der Waals surface area contributed by atoms with Gasteiger partial charge in [0.15, 0.2) is 29.1 Å². The molecule has 1 atom stereocenters. The van der Waals surface area contributed by atoms with Crippen molar-refractivity contribution in [1.29, 1.82) is 0 Å². The molecule has 3 N–H and O–H groups in total. The van der Waals surface area contributed by atoms with E-state index in [0.717, 1.165) is 19.4 Å². The van der Waals surface area contributed by atoms with E-state index >= 15 is 17.6 Å². The van der Waals surface area contributed by atoms with Crippen LogP contribution in [0.4, 0.5) is 17.6 Å². The number of carboxylic acid groups (broad SMARTS) is 1. The molecule has 3 aromatic carbocycles. The number of fused-ring (bicyclic) bond motifs is 1. The number of aryl methyl sites for hydroxylation is 1. The van der Waals surface area contributed by atoms with Crippen molar-refractivity contribution in [3.63, 3.8) is 0 Å². The van der Waals surface area contributed by atoms with E-state index in [-0.39, 0.29) is 40.4 Å². The summed E-state index contributed by atoms with van der Waals surface area (Å²) in [4.78, 5) is 30.4. The number of Topliss-reactive ketones (excluding diaryl/α,β-unsaturated/α-hetero) is 1. The first-order valence-electron chi connectivity index (χ1n) is 11.6. The van der Waals surface area contributed by atoms with Crippen molar-refractivity contribution in [1.82, 2.24) is 15.3 Å². The Labute approximate surface area is 208 Å². The lowest BCUT2D eigenvalue weighted by molar-refractivity contribution is -0.120. The Hall–Kier alpha value is -4.05. The summed E-state index contributed by atoms with van der Waals surface area (Å²) in [7, 11) is 0. The minimum Gasteiger partial charge on any atom is -0.478 e. The van der Waals surface area contributed by atoms with Gasteiger partial charge < -0.3 is 15.4 Å². The molecule has 1 aliphatic heterocycles. The molecule has 1 unspecified atom stereocenters. The zero-order valence-corrected chi connectivity index (χ0v) is 19.6. The fourth-order valence-corrected chi connectivity index (χ4v) is 4.71. The number of ketones is 1. The molecule has 0 aliphatic carbocycles. The largest absolute Gasteiger partial charge is 0.478 e. The van der Waals surface area contributed by atoms with Gasteiger partial charge in [0.05, 0.1) is 28.2 Å². The van der Waals surface area contributed by atoms with Crippen molar-refractivity contribution in [2.45, 2.75) is 32.2 Å². The molecule has 0 spiro atoms. The van der Waals surface area contributed by atoms with Crippen molar-refractivity contribution in [2.24, 2.45) is 0 Å².